The topological polar surface area (TPSA) is 85.1 Å². The van der Waals surface area contributed by atoms with Crippen molar-refractivity contribution in [2.24, 2.45) is 0 Å². The minimum atomic E-state index is -3.67. The van der Waals surface area contributed by atoms with Crippen molar-refractivity contribution in [2.45, 2.75) is 4.90 Å². The Morgan fingerprint density at radius 3 is 2.50 bits per heavy atom. The fourth-order valence-electron chi connectivity index (χ4n) is 1.36. The lowest BCUT2D eigenvalue weighted by Gasteiger charge is -2.09. The summed E-state index contributed by atoms with van der Waals surface area (Å²) in [5, 5.41) is 0. The number of rotatable bonds is 3. The molecule has 0 radical (unpaired) electrons. The van der Waals surface area contributed by atoms with Gasteiger partial charge in [-0.05, 0) is 46.3 Å². The van der Waals surface area contributed by atoms with E-state index >= 15 is 0 Å². The highest BCUT2D eigenvalue weighted by molar-refractivity contribution is 9.10. The molecule has 0 unspecified atom stereocenters. The number of nitrogens with two attached hydrogens (primary N) is 1. The second-order valence-electron chi connectivity index (χ2n) is 3.53. The Morgan fingerprint density at radius 2 is 1.83 bits per heavy atom. The first-order chi connectivity index (χ1) is 8.49. The molecular formula is C11H10BrN3O2S. The first-order valence-electron chi connectivity index (χ1n) is 4.97. The zero-order valence-corrected chi connectivity index (χ0v) is 11.6. The van der Waals surface area contributed by atoms with Gasteiger partial charge in [-0.2, -0.15) is 0 Å². The van der Waals surface area contributed by atoms with Crippen LogP contribution in [0.25, 0.3) is 0 Å². The van der Waals surface area contributed by atoms with E-state index in [1.54, 1.807) is 24.3 Å². The molecule has 94 valence electrons. The van der Waals surface area contributed by atoms with Crippen molar-refractivity contribution < 1.29 is 8.42 Å². The molecule has 1 aromatic carbocycles. The normalized spacial score (nSPS) is 11.2. The summed E-state index contributed by atoms with van der Waals surface area (Å²) in [7, 11) is -3.67. The van der Waals surface area contributed by atoms with Gasteiger partial charge in [0.25, 0.3) is 10.0 Å². The summed E-state index contributed by atoms with van der Waals surface area (Å²) < 4.78 is 27.2. The Hall–Kier alpha value is -1.60. The van der Waals surface area contributed by atoms with Crippen LogP contribution in [0, 0.1) is 0 Å². The van der Waals surface area contributed by atoms with Gasteiger partial charge in [0.2, 0.25) is 0 Å². The zero-order chi connectivity index (χ0) is 13.2. The van der Waals surface area contributed by atoms with Crippen molar-refractivity contribution in [3.8, 4) is 0 Å². The third-order valence-electron chi connectivity index (χ3n) is 2.18. The molecule has 0 bridgehead atoms. The molecule has 1 aromatic heterocycles. The maximum atomic E-state index is 12.2. The third kappa shape index (κ3) is 2.80. The molecule has 3 N–H and O–H groups in total. The van der Waals surface area contributed by atoms with E-state index < -0.39 is 10.0 Å². The molecule has 7 heteroatoms. The lowest BCUT2D eigenvalue weighted by atomic mass is 10.3. The van der Waals surface area contributed by atoms with Crippen molar-refractivity contribution in [2.75, 3.05) is 10.5 Å². The molecule has 0 aliphatic rings. The predicted molar refractivity (Wildman–Crippen MR) is 73.6 cm³/mol. The van der Waals surface area contributed by atoms with Gasteiger partial charge < -0.3 is 5.73 Å². The first kappa shape index (κ1) is 12.8. The molecule has 0 fully saturated rings. The maximum Gasteiger partial charge on any atom is 0.263 e. The predicted octanol–water partition coefficient (Wildman–Crippen LogP) is 2.23. The van der Waals surface area contributed by atoms with Gasteiger partial charge in [0.15, 0.2) is 0 Å². The van der Waals surface area contributed by atoms with Gasteiger partial charge in [0.05, 0.1) is 5.69 Å². The summed E-state index contributed by atoms with van der Waals surface area (Å²) in [5.74, 6) is 0. The Bertz CT molecular complexity index is 659. The number of hydrogen-bond donors (Lipinski definition) is 2. The highest BCUT2D eigenvalue weighted by Gasteiger charge is 2.17. The van der Waals surface area contributed by atoms with Crippen LogP contribution in [0.3, 0.4) is 0 Å². The zero-order valence-electron chi connectivity index (χ0n) is 9.17. The number of aromatic nitrogens is 1. The largest absolute Gasteiger partial charge is 0.399 e. The monoisotopic (exact) mass is 327 g/mol. The Kier molecular flexibility index (Phi) is 3.53. The van der Waals surface area contributed by atoms with E-state index in [0.29, 0.717) is 15.8 Å². The fraction of sp³-hybridized carbons (Fsp3) is 0. The highest BCUT2D eigenvalue weighted by Crippen LogP contribution is 2.25. The van der Waals surface area contributed by atoms with Crippen molar-refractivity contribution >= 4 is 37.3 Å². The molecule has 0 aliphatic carbocycles. The van der Waals surface area contributed by atoms with Crippen LogP contribution in [0.5, 0.6) is 0 Å². The van der Waals surface area contributed by atoms with Gasteiger partial charge in [-0.25, -0.2) is 8.42 Å². The van der Waals surface area contributed by atoms with Crippen molar-refractivity contribution in [1.82, 2.24) is 4.98 Å². The van der Waals surface area contributed by atoms with Crippen LogP contribution in [-0.4, -0.2) is 13.4 Å². The van der Waals surface area contributed by atoms with Crippen molar-refractivity contribution in [3.63, 3.8) is 0 Å². The van der Waals surface area contributed by atoms with Crippen LogP contribution in [0.4, 0.5) is 11.4 Å². The van der Waals surface area contributed by atoms with Crippen molar-refractivity contribution in [1.29, 1.82) is 0 Å². The quantitative estimate of drug-likeness (QED) is 0.846. The Labute approximate surface area is 113 Å². The molecule has 0 aliphatic heterocycles. The lowest BCUT2D eigenvalue weighted by Crippen LogP contribution is -2.13. The molecule has 1 heterocycles. The van der Waals surface area contributed by atoms with Gasteiger partial charge in [-0.15, -0.1) is 0 Å². The number of halogens is 1. The number of benzene rings is 1. The second-order valence-corrected chi connectivity index (χ2v) is 6.04. The van der Waals surface area contributed by atoms with E-state index in [-0.39, 0.29) is 4.90 Å². The number of nitrogens with zero attached hydrogens (tertiary/aromatic N) is 1. The van der Waals surface area contributed by atoms with Crippen LogP contribution < -0.4 is 10.5 Å². The van der Waals surface area contributed by atoms with E-state index in [9.17, 15) is 8.42 Å². The minimum absolute atomic E-state index is 0.0966. The number of pyridine rings is 1. The van der Waals surface area contributed by atoms with Crippen LogP contribution in [0.1, 0.15) is 0 Å². The average molecular weight is 328 g/mol. The summed E-state index contributed by atoms with van der Waals surface area (Å²) >= 11 is 3.19. The fourth-order valence-corrected chi connectivity index (χ4v) is 3.41. The van der Waals surface area contributed by atoms with Gasteiger partial charge in [-0.3, -0.25) is 9.71 Å². The summed E-state index contributed by atoms with van der Waals surface area (Å²) in [6.45, 7) is 0. The molecule has 0 saturated heterocycles. The Morgan fingerprint density at radius 1 is 1.17 bits per heavy atom. The van der Waals surface area contributed by atoms with E-state index in [4.69, 9.17) is 5.73 Å². The van der Waals surface area contributed by atoms with E-state index in [1.165, 1.54) is 18.5 Å². The van der Waals surface area contributed by atoms with Crippen LogP contribution in [0.2, 0.25) is 0 Å². The second kappa shape index (κ2) is 4.95. The summed E-state index contributed by atoms with van der Waals surface area (Å²) in [5.41, 5.74) is 6.42. The van der Waals surface area contributed by atoms with Gasteiger partial charge >= 0.3 is 0 Å². The molecular weight excluding hydrogens is 318 g/mol. The number of hydrogen-bond acceptors (Lipinski definition) is 4. The summed E-state index contributed by atoms with van der Waals surface area (Å²) in [6, 6.07) is 7.75. The number of sulfonamides is 1. The number of nitrogen functional groups attached to an aromatic ring is 1. The Balaban J connectivity index is 2.40. The first-order valence-corrected chi connectivity index (χ1v) is 7.24. The molecule has 0 saturated carbocycles. The van der Waals surface area contributed by atoms with Gasteiger partial charge in [0, 0.05) is 22.6 Å². The molecule has 0 atom stereocenters. The smallest absolute Gasteiger partial charge is 0.263 e. The molecule has 0 amide bonds. The molecule has 2 aromatic rings. The molecule has 5 nitrogen and oxygen atoms in total. The third-order valence-corrected chi connectivity index (χ3v) is 4.55. The molecule has 18 heavy (non-hydrogen) atoms. The van der Waals surface area contributed by atoms with Crippen molar-refractivity contribution in [3.05, 3.63) is 47.2 Å². The van der Waals surface area contributed by atoms with E-state index in [1.807, 2.05) is 0 Å². The lowest BCUT2D eigenvalue weighted by molar-refractivity contribution is 0.601. The van der Waals surface area contributed by atoms with Gasteiger partial charge in [-0.1, -0.05) is 0 Å². The maximum absolute atomic E-state index is 12.2. The van der Waals surface area contributed by atoms with E-state index in [0.717, 1.165) is 0 Å². The van der Waals surface area contributed by atoms with Gasteiger partial charge in [0.1, 0.15) is 4.90 Å². The standard InChI is InChI=1S/C11H10BrN3O2S/c12-10-2-1-8(13)7-11(10)18(16,17)15-9-3-5-14-6-4-9/h1-7H,13H2,(H,14,15). The SMILES string of the molecule is Nc1ccc(Br)c(S(=O)(=O)Nc2ccncc2)c1. The summed E-state index contributed by atoms with van der Waals surface area (Å²) in [4.78, 5) is 3.91. The van der Waals surface area contributed by atoms with Crippen LogP contribution in [-0.2, 0) is 10.0 Å². The number of anilines is 2. The summed E-state index contributed by atoms with van der Waals surface area (Å²) in [6.07, 6.45) is 3.01. The molecule has 0 spiro atoms. The van der Waals surface area contributed by atoms with E-state index in [2.05, 4.69) is 25.6 Å². The minimum Gasteiger partial charge on any atom is -0.399 e. The number of nitrogens with one attached hydrogen (secondary N) is 1. The van der Waals surface area contributed by atoms with Crippen LogP contribution >= 0.6 is 15.9 Å². The molecule has 2 rings (SSSR count). The average Bonchev–Trinajstić information content (AvgIpc) is 2.33. The van der Waals surface area contributed by atoms with Crippen LogP contribution in [0.15, 0.2) is 52.1 Å². The highest BCUT2D eigenvalue weighted by atomic mass is 79.9.